The molecule has 5 nitrogen and oxygen atoms in total. The number of amides is 1. The first-order chi connectivity index (χ1) is 15.1. The fourth-order valence-electron chi connectivity index (χ4n) is 3.97. The number of methoxy groups -OCH3 is 1. The van der Waals surface area contributed by atoms with E-state index in [0.29, 0.717) is 30.2 Å². The first kappa shape index (κ1) is 24.0. The molecule has 6 heteroatoms. The van der Waals surface area contributed by atoms with E-state index in [1.165, 1.54) is 4.90 Å². The highest BCUT2D eigenvalue weighted by Gasteiger charge is 2.45. The van der Waals surface area contributed by atoms with E-state index in [9.17, 15) is 14.7 Å². The van der Waals surface area contributed by atoms with Gasteiger partial charge in [0.2, 0.25) is 0 Å². The highest BCUT2D eigenvalue weighted by Crippen LogP contribution is 2.40. The van der Waals surface area contributed by atoms with Gasteiger partial charge in [0.15, 0.2) is 0 Å². The molecule has 170 valence electrons. The Labute approximate surface area is 194 Å². The van der Waals surface area contributed by atoms with Crippen LogP contribution in [0, 0.1) is 6.92 Å². The van der Waals surface area contributed by atoms with E-state index in [-0.39, 0.29) is 16.7 Å². The van der Waals surface area contributed by atoms with E-state index in [0.717, 1.165) is 16.7 Å². The number of carbonyl (C=O) groups is 2. The normalized spacial score (nSPS) is 18.4. The van der Waals surface area contributed by atoms with Crippen LogP contribution in [0.15, 0.2) is 48.0 Å². The van der Waals surface area contributed by atoms with Crippen LogP contribution >= 0.6 is 11.6 Å². The third-order valence-electron chi connectivity index (χ3n) is 5.83. The highest BCUT2D eigenvalue weighted by molar-refractivity contribution is 6.46. The lowest BCUT2D eigenvalue weighted by molar-refractivity contribution is -0.140. The van der Waals surface area contributed by atoms with E-state index in [4.69, 9.17) is 16.3 Å². The van der Waals surface area contributed by atoms with Crippen molar-refractivity contribution < 1.29 is 19.4 Å². The van der Waals surface area contributed by atoms with Crippen LogP contribution in [0.1, 0.15) is 55.5 Å². The van der Waals surface area contributed by atoms with Crippen molar-refractivity contribution >= 4 is 29.1 Å². The van der Waals surface area contributed by atoms with Crippen LogP contribution in [0.4, 0.5) is 0 Å². The summed E-state index contributed by atoms with van der Waals surface area (Å²) in [4.78, 5) is 27.6. The highest BCUT2D eigenvalue weighted by atomic mass is 35.5. The number of ketones is 1. The number of halogens is 1. The van der Waals surface area contributed by atoms with Gasteiger partial charge in [-0.15, -0.1) is 0 Å². The van der Waals surface area contributed by atoms with Crippen LogP contribution in [-0.4, -0.2) is 42.0 Å². The minimum absolute atomic E-state index is 0.101. The number of hydrogen-bond donors (Lipinski definition) is 1. The van der Waals surface area contributed by atoms with E-state index in [1.807, 2.05) is 25.1 Å². The predicted octanol–water partition coefficient (Wildman–Crippen LogP) is 5.40. The van der Waals surface area contributed by atoms with Crippen LogP contribution in [0.2, 0.25) is 5.02 Å². The number of rotatable bonds is 6. The van der Waals surface area contributed by atoms with Gasteiger partial charge < -0.3 is 14.7 Å². The van der Waals surface area contributed by atoms with Crippen molar-refractivity contribution in [1.29, 1.82) is 0 Å². The summed E-state index contributed by atoms with van der Waals surface area (Å²) in [5, 5.41) is 11.9. The van der Waals surface area contributed by atoms with Crippen molar-refractivity contribution in [2.24, 2.45) is 0 Å². The van der Waals surface area contributed by atoms with Crippen LogP contribution in [0.25, 0.3) is 5.76 Å². The Kier molecular flexibility index (Phi) is 7.11. The second kappa shape index (κ2) is 9.47. The third kappa shape index (κ3) is 4.74. The Bertz CT molecular complexity index is 1050. The van der Waals surface area contributed by atoms with Gasteiger partial charge in [-0.05, 0) is 53.6 Å². The Morgan fingerprint density at radius 2 is 1.78 bits per heavy atom. The Hall–Kier alpha value is -2.63. The van der Waals surface area contributed by atoms with E-state index in [2.05, 4.69) is 20.8 Å². The van der Waals surface area contributed by atoms with Crippen LogP contribution in [0.3, 0.4) is 0 Å². The molecule has 1 aliphatic rings. The maximum atomic E-state index is 13.1. The van der Waals surface area contributed by atoms with E-state index >= 15 is 0 Å². The summed E-state index contributed by atoms with van der Waals surface area (Å²) in [7, 11) is 1.59. The van der Waals surface area contributed by atoms with Crippen molar-refractivity contribution in [1.82, 2.24) is 4.90 Å². The van der Waals surface area contributed by atoms with Gasteiger partial charge in [-0.3, -0.25) is 9.59 Å². The summed E-state index contributed by atoms with van der Waals surface area (Å²) in [6.07, 6.45) is 0.576. The molecule has 1 heterocycles. The molecule has 2 aromatic carbocycles. The average molecular weight is 456 g/mol. The molecular formula is C26H30ClNO4. The van der Waals surface area contributed by atoms with Crippen molar-refractivity contribution in [3.05, 3.63) is 75.3 Å². The van der Waals surface area contributed by atoms with Gasteiger partial charge in [-0.25, -0.2) is 0 Å². The van der Waals surface area contributed by atoms with E-state index in [1.54, 1.807) is 31.4 Å². The van der Waals surface area contributed by atoms with Gasteiger partial charge in [0.1, 0.15) is 5.76 Å². The summed E-state index contributed by atoms with van der Waals surface area (Å²) >= 11 is 6.06. The predicted molar refractivity (Wildman–Crippen MR) is 127 cm³/mol. The first-order valence-electron chi connectivity index (χ1n) is 10.7. The fourth-order valence-corrected chi connectivity index (χ4v) is 4.10. The van der Waals surface area contributed by atoms with Crippen molar-refractivity contribution in [2.75, 3.05) is 20.3 Å². The van der Waals surface area contributed by atoms with Crippen molar-refractivity contribution in [3.63, 3.8) is 0 Å². The number of ether oxygens (including phenoxy) is 1. The number of aryl methyl sites for hydroxylation is 1. The zero-order valence-corrected chi connectivity index (χ0v) is 20.0. The van der Waals surface area contributed by atoms with Crippen molar-refractivity contribution in [3.8, 4) is 0 Å². The van der Waals surface area contributed by atoms with Gasteiger partial charge in [0.05, 0.1) is 11.6 Å². The minimum atomic E-state index is -0.693. The molecule has 0 spiro atoms. The molecule has 1 amide bonds. The van der Waals surface area contributed by atoms with Gasteiger partial charge in [0.25, 0.3) is 11.7 Å². The SMILES string of the molecule is COCCCN1C(=O)C(=O)/C(=C(/O)c2cc(C(C)(C)C)ccc2C)C1c1ccc(Cl)cc1. The zero-order chi connectivity index (χ0) is 23.6. The number of aliphatic hydroxyl groups is 1. The largest absolute Gasteiger partial charge is 0.507 e. The first-order valence-corrected chi connectivity index (χ1v) is 11.1. The molecule has 1 atom stereocenters. The number of Topliss-reactive ketones (excluding diaryl/α,β-unsaturated/α-hetero) is 1. The molecule has 1 N–H and O–H groups in total. The lowest BCUT2D eigenvalue weighted by Crippen LogP contribution is -2.31. The molecule has 1 fully saturated rings. The molecular weight excluding hydrogens is 426 g/mol. The van der Waals surface area contributed by atoms with Gasteiger partial charge in [-0.1, -0.05) is 56.6 Å². The van der Waals surface area contributed by atoms with Crippen LogP contribution in [0.5, 0.6) is 0 Å². The monoisotopic (exact) mass is 455 g/mol. The maximum absolute atomic E-state index is 13.1. The number of benzene rings is 2. The molecule has 2 aromatic rings. The van der Waals surface area contributed by atoms with Crippen LogP contribution in [-0.2, 0) is 19.7 Å². The standard InChI is InChI=1S/C26H30ClNO4/c1-16-7-10-18(26(2,3)4)15-20(16)23(29)21-22(17-8-11-19(27)12-9-17)28(13-6-14-32-5)25(31)24(21)30/h7-12,15,22,29H,6,13-14H2,1-5H3/b23-21+. The molecule has 32 heavy (non-hydrogen) atoms. The number of nitrogens with zero attached hydrogens (tertiary/aromatic N) is 1. The summed E-state index contributed by atoms with van der Waals surface area (Å²) in [6.45, 7) is 8.94. The maximum Gasteiger partial charge on any atom is 0.295 e. The summed E-state index contributed by atoms with van der Waals surface area (Å²) < 4.78 is 5.12. The molecule has 1 aliphatic heterocycles. The smallest absolute Gasteiger partial charge is 0.295 e. The van der Waals surface area contributed by atoms with Crippen molar-refractivity contribution in [2.45, 2.75) is 45.6 Å². The molecule has 0 bridgehead atoms. The van der Waals surface area contributed by atoms with Gasteiger partial charge >= 0.3 is 0 Å². The topological polar surface area (TPSA) is 66.8 Å². The minimum Gasteiger partial charge on any atom is -0.507 e. The Morgan fingerprint density at radius 3 is 2.38 bits per heavy atom. The van der Waals surface area contributed by atoms with Gasteiger partial charge in [-0.2, -0.15) is 0 Å². The number of hydrogen-bond acceptors (Lipinski definition) is 4. The molecule has 3 rings (SSSR count). The number of carbonyl (C=O) groups excluding carboxylic acids is 2. The molecule has 1 saturated heterocycles. The lowest BCUT2D eigenvalue weighted by atomic mass is 9.84. The second-order valence-electron chi connectivity index (χ2n) is 9.17. The number of aliphatic hydroxyl groups excluding tert-OH is 1. The summed E-state index contributed by atoms with van der Waals surface area (Å²) in [5.74, 6) is -1.45. The molecule has 0 aromatic heterocycles. The number of likely N-dealkylation sites (tertiary alicyclic amines) is 1. The fraction of sp³-hybridized carbons (Fsp3) is 0.385. The average Bonchev–Trinajstić information content (AvgIpc) is 2.98. The quantitative estimate of drug-likeness (QED) is 0.274. The Morgan fingerprint density at radius 1 is 1.12 bits per heavy atom. The summed E-state index contributed by atoms with van der Waals surface area (Å²) in [6, 6.07) is 12.2. The lowest BCUT2D eigenvalue weighted by Gasteiger charge is -2.26. The third-order valence-corrected chi connectivity index (χ3v) is 6.08. The van der Waals surface area contributed by atoms with E-state index < -0.39 is 17.7 Å². The van der Waals surface area contributed by atoms with Crippen LogP contribution < -0.4 is 0 Å². The molecule has 1 unspecified atom stereocenters. The molecule has 0 saturated carbocycles. The zero-order valence-electron chi connectivity index (χ0n) is 19.2. The molecule has 0 radical (unpaired) electrons. The second-order valence-corrected chi connectivity index (χ2v) is 9.61. The summed E-state index contributed by atoms with van der Waals surface area (Å²) in [5.41, 5.74) is 3.11. The Balaban J connectivity index is 2.19. The molecule has 0 aliphatic carbocycles. The van der Waals surface area contributed by atoms with Gasteiger partial charge in [0, 0.05) is 30.8 Å².